The molecule has 0 atom stereocenters. The van der Waals surface area contributed by atoms with Crippen LogP contribution in [0.5, 0.6) is 0 Å². The van der Waals surface area contributed by atoms with Crippen molar-refractivity contribution in [2.24, 2.45) is 0 Å². The molecule has 1 aromatic rings. The Morgan fingerprint density at radius 3 is 2.46 bits per heavy atom. The summed E-state index contributed by atoms with van der Waals surface area (Å²) >= 11 is 4.72. The number of alkyl halides is 2. The van der Waals surface area contributed by atoms with Crippen LogP contribution in [0.25, 0.3) is 0 Å². The number of Topliss-reactive ketones (excluding diaryl/α,β-unsaturated/α-hetero) is 1. The van der Waals surface area contributed by atoms with Gasteiger partial charge in [-0.1, -0.05) is 63.4 Å². The maximum atomic E-state index is 11.1. The van der Waals surface area contributed by atoms with Crippen LogP contribution >= 0.6 is 45.2 Å². The summed E-state index contributed by atoms with van der Waals surface area (Å²) in [6, 6.07) is 7.79. The summed E-state index contributed by atoms with van der Waals surface area (Å²) in [5.41, 5.74) is 1.97. The van der Waals surface area contributed by atoms with Gasteiger partial charge < -0.3 is 0 Å². The molecular weight excluding hydrogens is 390 g/mol. The van der Waals surface area contributed by atoms with Gasteiger partial charge in [0.15, 0.2) is 5.78 Å². The normalized spacial score (nSPS) is 11.4. The van der Waals surface area contributed by atoms with Crippen molar-refractivity contribution in [3.05, 3.63) is 35.4 Å². The lowest BCUT2D eigenvalue weighted by atomic mass is 10.1. The lowest BCUT2D eigenvalue weighted by molar-refractivity contribution is 0.101. The minimum atomic E-state index is 0.0565. The van der Waals surface area contributed by atoms with E-state index in [1.54, 1.807) is 6.92 Å². The zero-order valence-electron chi connectivity index (χ0n) is 7.47. The van der Waals surface area contributed by atoms with Gasteiger partial charge in [0.1, 0.15) is 0 Å². The molecule has 13 heavy (non-hydrogen) atoms. The largest absolute Gasteiger partial charge is 0.295 e. The third-order valence-electron chi connectivity index (χ3n) is 1.78. The SMILES string of the molecule is CC(=O)c1cccc(C(C)(I)I)c1. The van der Waals surface area contributed by atoms with Crippen LogP contribution < -0.4 is 0 Å². The third-order valence-corrected chi connectivity index (χ3v) is 3.02. The Balaban J connectivity index is 3.13. The first-order chi connectivity index (χ1) is 5.91. The number of rotatable bonds is 2. The molecule has 0 unspecified atom stereocenters. The highest BCUT2D eigenvalue weighted by atomic mass is 127. The van der Waals surface area contributed by atoms with Gasteiger partial charge in [-0.2, -0.15) is 0 Å². The van der Waals surface area contributed by atoms with Gasteiger partial charge in [-0.25, -0.2) is 0 Å². The van der Waals surface area contributed by atoms with Crippen LogP contribution in [-0.4, -0.2) is 5.78 Å². The molecule has 3 heteroatoms. The van der Waals surface area contributed by atoms with Crippen LogP contribution in [0.1, 0.15) is 29.8 Å². The molecule has 0 saturated heterocycles. The molecule has 0 aliphatic rings. The van der Waals surface area contributed by atoms with Crippen molar-refractivity contribution in [3.63, 3.8) is 0 Å². The van der Waals surface area contributed by atoms with Gasteiger partial charge in [0, 0.05) is 5.56 Å². The number of halogens is 2. The highest BCUT2D eigenvalue weighted by Gasteiger charge is 2.18. The Morgan fingerprint density at radius 1 is 1.38 bits per heavy atom. The first-order valence-electron chi connectivity index (χ1n) is 3.90. The predicted molar refractivity (Wildman–Crippen MR) is 71.8 cm³/mol. The van der Waals surface area contributed by atoms with E-state index >= 15 is 0 Å². The molecule has 1 nitrogen and oxygen atoms in total. The molecule has 1 aromatic carbocycles. The molecule has 0 saturated carbocycles. The van der Waals surface area contributed by atoms with Crippen LogP contribution in [0.2, 0.25) is 0 Å². The minimum absolute atomic E-state index is 0.0565. The summed E-state index contributed by atoms with van der Waals surface area (Å²) in [6.45, 7) is 3.71. The fourth-order valence-electron chi connectivity index (χ4n) is 1.01. The van der Waals surface area contributed by atoms with Crippen LogP contribution in [0.15, 0.2) is 24.3 Å². The molecule has 0 heterocycles. The van der Waals surface area contributed by atoms with E-state index in [1.165, 1.54) is 5.56 Å². The van der Waals surface area contributed by atoms with Crippen LogP contribution in [0.4, 0.5) is 0 Å². The fourth-order valence-corrected chi connectivity index (χ4v) is 1.68. The van der Waals surface area contributed by atoms with E-state index < -0.39 is 0 Å². The van der Waals surface area contributed by atoms with Crippen molar-refractivity contribution >= 4 is 51.0 Å². The molecule has 0 aliphatic heterocycles. The molecule has 0 fully saturated rings. The van der Waals surface area contributed by atoms with Gasteiger partial charge in [-0.15, -0.1) is 0 Å². The van der Waals surface area contributed by atoms with E-state index in [4.69, 9.17) is 0 Å². The number of carbonyl (C=O) groups excluding carboxylic acids is 1. The Bertz CT molecular complexity index is 326. The van der Waals surface area contributed by atoms with Gasteiger partial charge in [-0.3, -0.25) is 4.79 Å². The molecule has 0 aromatic heterocycles. The van der Waals surface area contributed by atoms with E-state index in [0.29, 0.717) is 0 Å². The van der Waals surface area contributed by atoms with E-state index in [9.17, 15) is 4.79 Å². The van der Waals surface area contributed by atoms with Crippen molar-refractivity contribution in [1.29, 1.82) is 0 Å². The van der Waals surface area contributed by atoms with Crippen molar-refractivity contribution in [2.45, 2.75) is 15.3 Å². The van der Waals surface area contributed by atoms with E-state index in [1.807, 2.05) is 24.3 Å². The second-order valence-corrected chi connectivity index (χ2v) is 9.40. The number of benzene rings is 1. The quantitative estimate of drug-likeness (QED) is 0.418. The maximum absolute atomic E-state index is 11.1. The lowest BCUT2D eigenvalue weighted by Gasteiger charge is -2.15. The zero-order chi connectivity index (χ0) is 10.1. The highest BCUT2D eigenvalue weighted by molar-refractivity contribution is 14.2. The predicted octanol–water partition coefficient (Wildman–Crippen LogP) is 3.93. The topological polar surface area (TPSA) is 17.1 Å². The van der Waals surface area contributed by atoms with Gasteiger partial charge >= 0.3 is 0 Å². The summed E-state index contributed by atoms with van der Waals surface area (Å²) < 4.78 is 0.0565. The smallest absolute Gasteiger partial charge is 0.159 e. The van der Waals surface area contributed by atoms with E-state index in [0.717, 1.165) is 5.56 Å². The molecule has 0 radical (unpaired) electrons. The third kappa shape index (κ3) is 3.19. The van der Waals surface area contributed by atoms with Gasteiger partial charge in [0.05, 0.1) is 1.43 Å². The summed E-state index contributed by atoms with van der Waals surface area (Å²) in [5.74, 6) is 0.124. The monoisotopic (exact) mass is 400 g/mol. The first kappa shape index (κ1) is 11.4. The lowest BCUT2D eigenvalue weighted by Crippen LogP contribution is -2.03. The minimum Gasteiger partial charge on any atom is -0.295 e. The molecule has 0 N–H and O–H groups in total. The maximum Gasteiger partial charge on any atom is 0.159 e. The van der Waals surface area contributed by atoms with Crippen LogP contribution in [-0.2, 0) is 1.43 Å². The molecule has 0 spiro atoms. The zero-order valence-corrected chi connectivity index (χ0v) is 11.8. The summed E-state index contributed by atoms with van der Waals surface area (Å²) in [5, 5.41) is 0. The first-order valence-corrected chi connectivity index (χ1v) is 6.06. The van der Waals surface area contributed by atoms with Gasteiger partial charge in [0.25, 0.3) is 0 Å². The standard InChI is InChI=1S/C10H10I2O/c1-7(13)8-4-3-5-9(6-8)10(2,11)12/h3-6H,1-2H3. The average Bonchev–Trinajstić information content (AvgIpc) is 2.03. The summed E-state index contributed by atoms with van der Waals surface area (Å²) in [4.78, 5) is 11.1. The van der Waals surface area contributed by atoms with Crippen LogP contribution in [0, 0.1) is 0 Å². The van der Waals surface area contributed by atoms with Crippen LogP contribution in [0.3, 0.4) is 0 Å². The second-order valence-electron chi connectivity index (χ2n) is 3.03. The fraction of sp³-hybridized carbons (Fsp3) is 0.300. The number of hydrogen-bond acceptors (Lipinski definition) is 1. The molecule has 70 valence electrons. The molecular formula is C10H10I2O. The molecule has 0 bridgehead atoms. The molecule has 1 rings (SSSR count). The van der Waals surface area contributed by atoms with Gasteiger partial charge in [0.2, 0.25) is 0 Å². The molecule has 0 aliphatic carbocycles. The number of carbonyl (C=O) groups is 1. The second kappa shape index (κ2) is 4.25. The average molecular weight is 400 g/mol. The summed E-state index contributed by atoms with van der Waals surface area (Å²) in [6.07, 6.45) is 0. The Kier molecular flexibility index (Phi) is 3.73. The number of hydrogen-bond donors (Lipinski definition) is 0. The Labute approximate surface area is 106 Å². The van der Waals surface area contributed by atoms with Gasteiger partial charge in [-0.05, 0) is 25.5 Å². The summed E-state index contributed by atoms with van der Waals surface area (Å²) in [7, 11) is 0. The van der Waals surface area contributed by atoms with Crippen molar-refractivity contribution in [3.8, 4) is 0 Å². The van der Waals surface area contributed by atoms with Crippen molar-refractivity contribution < 1.29 is 4.79 Å². The molecule has 0 amide bonds. The highest BCUT2D eigenvalue weighted by Crippen LogP contribution is 2.38. The Morgan fingerprint density at radius 2 is 2.00 bits per heavy atom. The van der Waals surface area contributed by atoms with E-state index in [2.05, 4.69) is 52.1 Å². The van der Waals surface area contributed by atoms with Crippen molar-refractivity contribution in [1.82, 2.24) is 0 Å². The Hall–Kier alpha value is 0.350. The van der Waals surface area contributed by atoms with E-state index in [-0.39, 0.29) is 7.21 Å². The number of ketones is 1. The van der Waals surface area contributed by atoms with Crippen molar-refractivity contribution in [2.75, 3.05) is 0 Å².